The lowest BCUT2D eigenvalue weighted by Crippen LogP contribution is -2.36. The summed E-state index contributed by atoms with van der Waals surface area (Å²) in [5.41, 5.74) is 4.02. The second kappa shape index (κ2) is 7.85. The first-order chi connectivity index (χ1) is 14.4. The number of hydrogen-bond acceptors (Lipinski definition) is 6. The summed E-state index contributed by atoms with van der Waals surface area (Å²) in [6.45, 7) is 3.23. The number of nitrogens with one attached hydrogen (secondary N) is 1. The van der Waals surface area contributed by atoms with Crippen molar-refractivity contribution in [2.45, 2.75) is 0 Å². The van der Waals surface area contributed by atoms with Crippen molar-refractivity contribution in [3.63, 3.8) is 0 Å². The van der Waals surface area contributed by atoms with E-state index in [9.17, 15) is 0 Å². The normalized spacial score (nSPS) is 14.1. The molecule has 0 saturated carbocycles. The molecule has 1 aliphatic rings. The van der Waals surface area contributed by atoms with E-state index < -0.39 is 0 Å². The van der Waals surface area contributed by atoms with Gasteiger partial charge in [0.1, 0.15) is 5.82 Å². The van der Waals surface area contributed by atoms with Gasteiger partial charge < -0.3 is 15.0 Å². The zero-order chi connectivity index (χ0) is 19.5. The van der Waals surface area contributed by atoms with Crippen LogP contribution in [-0.2, 0) is 4.74 Å². The Balaban J connectivity index is 1.42. The maximum absolute atomic E-state index is 5.40. The predicted molar refractivity (Wildman–Crippen MR) is 116 cm³/mol. The molecule has 0 atom stereocenters. The number of aromatic nitrogens is 3. The molecule has 0 radical (unpaired) electrons. The fraction of sp³-hybridized carbons (Fsp3) is 0.174. The van der Waals surface area contributed by atoms with Gasteiger partial charge in [0.05, 0.1) is 30.6 Å². The van der Waals surface area contributed by atoms with E-state index >= 15 is 0 Å². The van der Waals surface area contributed by atoms with Crippen LogP contribution >= 0.6 is 0 Å². The van der Waals surface area contributed by atoms with Gasteiger partial charge in [-0.25, -0.2) is 15.0 Å². The van der Waals surface area contributed by atoms with E-state index in [0.29, 0.717) is 5.95 Å². The number of para-hydroxylation sites is 1. The molecule has 0 unspecified atom stereocenters. The van der Waals surface area contributed by atoms with Crippen molar-refractivity contribution >= 4 is 28.4 Å². The minimum Gasteiger partial charge on any atom is -0.378 e. The Kier molecular flexibility index (Phi) is 4.76. The monoisotopic (exact) mass is 383 g/mol. The first kappa shape index (κ1) is 17.6. The van der Waals surface area contributed by atoms with Crippen LogP contribution in [0.2, 0.25) is 0 Å². The molecule has 0 amide bonds. The van der Waals surface area contributed by atoms with Crippen molar-refractivity contribution in [3.05, 3.63) is 73.1 Å². The Labute approximate surface area is 169 Å². The van der Waals surface area contributed by atoms with Gasteiger partial charge in [0.25, 0.3) is 0 Å². The van der Waals surface area contributed by atoms with Gasteiger partial charge in [-0.2, -0.15) is 0 Å². The molecule has 1 fully saturated rings. The molecular weight excluding hydrogens is 362 g/mol. The SMILES string of the molecule is c1ccc(-c2cccc3cnc(Nc4ccc(N5CCOCC5)nc4)nc23)cc1. The van der Waals surface area contributed by atoms with E-state index in [1.807, 2.05) is 54.9 Å². The van der Waals surface area contributed by atoms with Gasteiger partial charge in [-0.05, 0) is 17.7 Å². The Morgan fingerprint density at radius 3 is 2.48 bits per heavy atom. The van der Waals surface area contributed by atoms with Crippen LogP contribution in [-0.4, -0.2) is 41.3 Å². The van der Waals surface area contributed by atoms with Gasteiger partial charge in [-0.15, -0.1) is 0 Å². The number of fused-ring (bicyclic) bond motifs is 1. The Morgan fingerprint density at radius 1 is 0.828 bits per heavy atom. The summed E-state index contributed by atoms with van der Waals surface area (Å²) < 4.78 is 5.40. The number of pyridine rings is 1. The molecular formula is C23H21N5O. The van der Waals surface area contributed by atoms with E-state index in [-0.39, 0.29) is 0 Å². The molecule has 5 rings (SSSR count). The summed E-state index contributed by atoms with van der Waals surface area (Å²) >= 11 is 0. The Morgan fingerprint density at radius 2 is 1.69 bits per heavy atom. The number of nitrogens with zero attached hydrogens (tertiary/aromatic N) is 4. The van der Waals surface area contributed by atoms with E-state index in [1.54, 1.807) is 0 Å². The third-order valence-corrected chi connectivity index (χ3v) is 5.03. The van der Waals surface area contributed by atoms with E-state index in [2.05, 4.69) is 38.4 Å². The molecule has 6 heteroatoms. The zero-order valence-corrected chi connectivity index (χ0v) is 16.0. The van der Waals surface area contributed by atoms with Crippen molar-refractivity contribution in [1.82, 2.24) is 15.0 Å². The second-order valence-electron chi connectivity index (χ2n) is 6.93. The number of ether oxygens (including phenoxy) is 1. The molecule has 29 heavy (non-hydrogen) atoms. The molecule has 2 aromatic carbocycles. The van der Waals surface area contributed by atoms with Gasteiger partial charge in [0, 0.05) is 30.2 Å². The molecule has 4 aromatic rings. The summed E-state index contributed by atoms with van der Waals surface area (Å²) in [6, 6.07) is 20.5. The number of anilines is 3. The van der Waals surface area contributed by atoms with Crippen molar-refractivity contribution in [2.75, 3.05) is 36.5 Å². The molecule has 3 heterocycles. The number of morpholine rings is 1. The summed E-state index contributed by atoms with van der Waals surface area (Å²) in [6.07, 6.45) is 3.67. The van der Waals surface area contributed by atoms with Crippen molar-refractivity contribution < 1.29 is 4.74 Å². The molecule has 2 aromatic heterocycles. The molecule has 0 aliphatic carbocycles. The fourth-order valence-corrected chi connectivity index (χ4v) is 3.54. The van der Waals surface area contributed by atoms with Crippen LogP contribution in [0.3, 0.4) is 0 Å². The maximum atomic E-state index is 5.40. The van der Waals surface area contributed by atoms with E-state index in [4.69, 9.17) is 9.72 Å². The van der Waals surface area contributed by atoms with Gasteiger partial charge in [-0.3, -0.25) is 0 Å². The number of rotatable bonds is 4. The average molecular weight is 383 g/mol. The van der Waals surface area contributed by atoms with E-state index in [0.717, 1.165) is 59.8 Å². The van der Waals surface area contributed by atoms with Crippen LogP contribution < -0.4 is 10.2 Å². The topological polar surface area (TPSA) is 63.2 Å². The highest BCUT2D eigenvalue weighted by Crippen LogP contribution is 2.28. The zero-order valence-electron chi connectivity index (χ0n) is 16.0. The lowest BCUT2D eigenvalue weighted by Gasteiger charge is -2.27. The third kappa shape index (κ3) is 3.75. The van der Waals surface area contributed by atoms with Crippen LogP contribution in [0.4, 0.5) is 17.5 Å². The summed E-state index contributed by atoms with van der Waals surface area (Å²) in [5, 5.41) is 4.29. The van der Waals surface area contributed by atoms with Crippen molar-refractivity contribution in [1.29, 1.82) is 0 Å². The number of benzene rings is 2. The maximum Gasteiger partial charge on any atom is 0.227 e. The van der Waals surface area contributed by atoms with Crippen LogP contribution in [0.25, 0.3) is 22.0 Å². The standard InChI is InChI=1S/C23H21N5O/c1-2-5-17(6-3-1)20-8-4-7-18-15-25-23(27-22(18)20)26-19-9-10-21(24-16-19)28-11-13-29-14-12-28/h1-10,15-16H,11-14H2,(H,25,26,27). The lowest BCUT2D eigenvalue weighted by molar-refractivity contribution is 0.122. The van der Waals surface area contributed by atoms with Gasteiger partial charge in [0.2, 0.25) is 5.95 Å². The Hall–Kier alpha value is -3.51. The molecule has 0 bridgehead atoms. The Bertz CT molecular complexity index is 1110. The van der Waals surface area contributed by atoms with Crippen LogP contribution in [0.15, 0.2) is 73.1 Å². The highest BCUT2D eigenvalue weighted by atomic mass is 16.5. The van der Waals surface area contributed by atoms with Crippen molar-refractivity contribution in [2.24, 2.45) is 0 Å². The van der Waals surface area contributed by atoms with Gasteiger partial charge >= 0.3 is 0 Å². The molecule has 1 saturated heterocycles. The fourth-order valence-electron chi connectivity index (χ4n) is 3.54. The summed E-state index contributed by atoms with van der Waals surface area (Å²) in [7, 11) is 0. The van der Waals surface area contributed by atoms with Gasteiger partial charge in [0.15, 0.2) is 0 Å². The molecule has 6 nitrogen and oxygen atoms in total. The van der Waals surface area contributed by atoms with E-state index in [1.165, 1.54) is 0 Å². The minimum absolute atomic E-state index is 0.557. The molecule has 1 aliphatic heterocycles. The first-order valence-electron chi connectivity index (χ1n) is 9.74. The minimum atomic E-state index is 0.557. The molecule has 0 spiro atoms. The smallest absolute Gasteiger partial charge is 0.227 e. The summed E-state index contributed by atoms with van der Waals surface area (Å²) in [5.74, 6) is 1.52. The quantitative estimate of drug-likeness (QED) is 0.568. The van der Waals surface area contributed by atoms with Gasteiger partial charge in [-0.1, -0.05) is 48.5 Å². The lowest BCUT2D eigenvalue weighted by atomic mass is 10.0. The van der Waals surface area contributed by atoms with Crippen LogP contribution in [0.5, 0.6) is 0 Å². The van der Waals surface area contributed by atoms with Crippen molar-refractivity contribution in [3.8, 4) is 11.1 Å². The predicted octanol–water partition coefficient (Wildman–Crippen LogP) is 4.27. The average Bonchev–Trinajstić information content (AvgIpc) is 2.80. The van der Waals surface area contributed by atoms with Crippen LogP contribution in [0, 0.1) is 0 Å². The molecule has 1 N–H and O–H groups in total. The molecule has 144 valence electrons. The summed E-state index contributed by atoms with van der Waals surface area (Å²) in [4.78, 5) is 16.1. The van der Waals surface area contributed by atoms with Crippen LogP contribution in [0.1, 0.15) is 0 Å². The number of hydrogen-bond donors (Lipinski definition) is 1. The highest BCUT2D eigenvalue weighted by molar-refractivity contribution is 5.93. The third-order valence-electron chi connectivity index (χ3n) is 5.03. The largest absolute Gasteiger partial charge is 0.378 e. The second-order valence-corrected chi connectivity index (χ2v) is 6.93. The first-order valence-corrected chi connectivity index (χ1v) is 9.74. The highest BCUT2D eigenvalue weighted by Gasteiger charge is 2.12.